The molecule has 2 aromatic rings. The molecule has 5 nitrogen and oxygen atoms in total. The van der Waals surface area contributed by atoms with Crippen LogP contribution in [0.1, 0.15) is 12.5 Å². The Hall–Kier alpha value is -2.30. The molecule has 0 amide bonds. The molecule has 5 heteroatoms. The van der Waals surface area contributed by atoms with E-state index in [1.54, 1.807) is 0 Å². The first-order valence-electron chi connectivity index (χ1n) is 6.17. The number of nitrogens with zero attached hydrogens (tertiary/aromatic N) is 3. The first kappa shape index (κ1) is 13.1. The van der Waals surface area contributed by atoms with Gasteiger partial charge in [-0.05, 0) is 31.5 Å². The van der Waals surface area contributed by atoms with Crippen LogP contribution in [0.5, 0.6) is 5.88 Å². The van der Waals surface area contributed by atoms with Gasteiger partial charge in [-0.1, -0.05) is 12.1 Å². The van der Waals surface area contributed by atoms with Gasteiger partial charge in [0.1, 0.15) is 12.0 Å². The minimum absolute atomic E-state index is 0.423. The highest BCUT2D eigenvalue weighted by Gasteiger charge is 2.14. The van der Waals surface area contributed by atoms with Crippen LogP contribution in [-0.2, 0) is 0 Å². The second kappa shape index (κ2) is 5.56. The molecule has 0 bridgehead atoms. The van der Waals surface area contributed by atoms with Crippen LogP contribution in [0.15, 0.2) is 30.6 Å². The molecule has 0 saturated heterocycles. The fraction of sp³-hybridized carbons (Fsp3) is 0.286. The molecular formula is C14H18N4O. The summed E-state index contributed by atoms with van der Waals surface area (Å²) in [5.74, 6) is 1.07. The van der Waals surface area contributed by atoms with E-state index in [4.69, 9.17) is 10.5 Å². The molecule has 1 aromatic carbocycles. The van der Waals surface area contributed by atoms with Crippen molar-refractivity contribution in [3.8, 4) is 5.88 Å². The van der Waals surface area contributed by atoms with E-state index in [1.165, 1.54) is 11.9 Å². The molecule has 0 saturated carbocycles. The van der Waals surface area contributed by atoms with E-state index < -0.39 is 0 Å². The second-order valence-corrected chi connectivity index (χ2v) is 4.25. The van der Waals surface area contributed by atoms with Gasteiger partial charge < -0.3 is 15.4 Å². The molecule has 0 spiro atoms. The average Bonchev–Trinajstić information content (AvgIpc) is 2.41. The van der Waals surface area contributed by atoms with Crippen molar-refractivity contribution in [2.45, 2.75) is 13.8 Å². The molecule has 0 aliphatic rings. The van der Waals surface area contributed by atoms with Gasteiger partial charge in [0, 0.05) is 12.7 Å². The third-order valence-corrected chi connectivity index (χ3v) is 2.81. The van der Waals surface area contributed by atoms with Crippen LogP contribution in [0.4, 0.5) is 17.2 Å². The molecule has 1 heterocycles. The number of rotatable bonds is 4. The molecular weight excluding hydrogens is 240 g/mol. The molecule has 0 atom stereocenters. The van der Waals surface area contributed by atoms with Crippen molar-refractivity contribution in [3.05, 3.63) is 36.2 Å². The Balaban J connectivity index is 2.38. The van der Waals surface area contributed by atoms with Crippen LogP contribution < -0.4 is 15.4 Å². The van der Waals surface area contributed by atoms with Gasteiger partial charge in [0.15, 0.2) is 5.82 Å². The molecule has 2 rings (SSSR count). The summed E-state index contributed by atoms with van der Waals surface area (Å²) < 4.78 is 5.38. The number of hydrogen-bond acceptors (Lipinski definition) is 5. The van der Waals surface area contributed by atoms with E-state index >= 15 is 0 Å². The van der Waals surface area contributed by atoms with Crippen LogP contribution >= 0.6 is 0 Å². The summed E-state index contributed by atoms with van der Waals surface area (Å²) in [6.07, 6.45) is 1.46. The summed E-state index contributed by atoms with van der Waals surface area (Å²) in [5.41, 5.74) is 8.71. The number of benzene rings is 1. The van der Waals surface area contributed by atoms with Crippen molar-refractivity contribution in [2.24, 2.45) is 0 Å². The number of ether oxygens (including phenoxy) is 1. The third-order valence-electron chi connectivity index (χ3n) is 2.81. The Kier molecular flexibility index (Phi) is 3.85. The highest BCUT2D eigenvalue weighted by Crippen LogP contribution is 2.31. The maximum atomic E-state index is 6.05. The fourth-order valence-electron chi connectivity index (χ4n) is 1.85. The first-order valence-corrected chi connectivity index (χ1v) is 6.17. The lowest BCUT2D eigenvalue weighted by molar-refractivity contribution is 0.328. The standard InChI is InChI=1S/C14H18N4O/c1-4-19-14-12(15)13(16-9-17-14)18(3)11-7-5-6-10(2)8-11/h5-9H,4,15H2,1-3H3. The van der Waals surface area contributed by atoms with Gasteiger partial charge >= 0.3 is 0 Å². The van der Waals surface area contributed by atoms with Crippen molar-refractivity contribution in [1.29, 1.82) is 0 Å². The first-order chi connectivity index (χ1) is 9.13. The zero-order valence-electron chi connectivity index (χ0n) is 11.4. The molecule has 0 radical (unpaired) electrons. The van der Waals surface area contributed by atoms with E-state index in [2.05, 4.69) is 16.0 Å². The SMILES string of the molecule is CCOc1ncnc(N(C)c2cccc(C)c2)c1N. The Labute approximate surface area is 113 Å². The zero-order chi connectivity index (χ0) is 13.8. The molecule has 0 unspecified atom stereocenters. The number of aryl methyl sites for hydroxylation is 1. The van der Waals surface area contributed by atoms with E-state index in [9.17, 15) is 0 Å². The smallest absolute Gasteiger partial charge is 0.242 e. The Morgan fingerprint density at radius 1 is 1.32 bits per heavy atom. The minimum atomic E-state index is 0.423. The number of anilines is 3. The molecule has 100 valence electrons. The number of nitrogens with two attached hydrogens (primary N) is 1. The van der Waals surface area contributed by atoms with Crippen LogP contribution in [0, 0.1) is 6.92 Å². The highest BCUT2D eigenvalue weighted by atomic mass is 16.5. The predicted octanol–water partition coefficient (Wildman–Crippen LogP) is 2.53. The molecule has 2 N–H and O–H groups in total. The Morgan fingerprint density at radius 2 is 2.11 bits per heavy atom. The molecule has 0 aliphatic carbocycles. The van der Waals surface area contributed by atoms with Crippen LogP contribution in [-0.4, -0.2) is 23.6 Å². The summed E-state index contributed by atoms with van der Waals surface area (Å²) in [6.45, 7) is 4.46. The highest BCUT2D eigenvalue weighted by molar-refractivity contribution is 5.73. The van der Waals surface area contributed by atoms with E-state index in [0.29, 0.717) is 24.0 Å². The van der Waals surface area contributed by atoms with Crippen molar-refractivity contribution in [3.63, 3.8) is 0 Å². The summed E-state index contributed by atoms with van der Waals surface area (Å²) in [5, 5.41) is 0. The largest absolute Gasteiger partial charge is 0.476 e. The maximum absolute atomic E-state index is 6.05. The second-order valence-electron chi connectivity index (χ2n) is 4.25. The van der Waals surface area contributed by atoms with Gasteiger partial charge in [0.2, 0.25) is 5.88 Å². The third kappa shape index (κ3) is 2.76. The zero-order valence-corrected chi connectivity index (χ0v) is 11.4. The van der Waals surface area contributed by atoms with E-state index in [0.717, 1.165) is 5.69 Å². The monoisotopic (exact) mass is 258 g/mol. The van der Waals surface area contributed by atoms with Gasteiger partial charge in [-0.25, -0.2) is 4.98 Å². The van der Waals surface area contributed by atoms with Crippen LogP contribution in [0.25, 0.3) is 0 Å². The fourth-order valence-corrected chi connectivity index (χ4v) is 1.85. The van der Waals surface area contributed by atoms with E-state index in [1.807, 2.05) is 44.0 Å². The predicted molar refractivity (Wildman–Crippen MR) is 76.9 cm³/mol. The summed E-state index contributed by atoms with van der Waals surface area (Å²) >= 11 is 0. The van der Waals surface area contributed by atoms with Gasteiger partial charge in [-0.15, -0.1) is 0 Å². The van der Waals surface area contributed by atoms with E-state index in [-0.39, 0.29) is 0 Å². The number of aromatic nitrogens is 2. The van der Waals surface area contributed by atoms with Gasteiger partial charge in [-0.3, -0.25) is 0 Å². The van der Waals surface area contributed by atoms with Gasteiger partial charge in [0.05, 0.1) is 6.61 Å². The van der Waals surface area contributed by atoms with Crippen molar-refractivity contribution in [1.82, 2.24) is 9.97 Å². The number of hydrogen-bond donors (Lipinski definition) is 1. The Morgan fingerprint density at radius 3 is 2.79 bits per heavy atom. The maximum Gasteiger partial charge on any atom is 0.242 e. The minimum Gasteiger partial charge on any atom is -0.476 e. The van der Waals surface area contributed by atoms with Crippen LogP contribution in [0.3, 0.4) is 0 Å². The molecule has 0 aliphatic heterocycles. The average molecular weight is 258 g/mol. The van der Waals surface area contributed by atoms with Crippen molar-refractivity contribution < 1.29 is 4.74 Å². The molecule has 0 fully saturated rings. The lowest BCUT2D eigenvalue weighted by Gasteiger charge is -2.21. The Bertz CT molecular complexity index is 571. The van der Waals surface area contributed by atoms with Crippen LogP contribution in [0.2, 0.25) is 0 Å². The normalized spacial score (nSPS) is 10.3. The lowest BCUT2D eigenvalue weighted by atomic mass is 10.2. The lowest BCUT2D eigenvalue weighted by Crippen LogP contribution is -2.15. The molecule has 19 heavy (non-hydrogen) atoms. The summed E-state index contributed by atoms with van der Waals surface area (Å²) in [6, 6.07) is 8.13. The van der Waals surface area contributed by atoms with Gasteiger partial charge in [0.25, 0.3) is 0 Å². The van der Waals surface area contributed by atoms with Crippen molar-refractivity contribution >= 4 is 17.2 Å². The quantitative estimate of drug-likeness (QED) is 0.913. The number of nitrogen functional groups attached to an aromatic ring is 1. The summed E-state index contributed by atoms with van der Waals surface area (Å²) in [7, 11) is 1.92. The van der Waals surface area contributed by atoms with Crippen molar-refractivity contribution in [2.75, 3.05) is 24.3 Å². The molecule has 1 aromatic heterocycles. The summed E-state index contributed by atoms with van der Waals surface area (Å²) in [4.78, 5) is 10.2. The van der Waals surface area contributed by atoms with Gasteiger partial charge in [-0.2, -0.15) is 4.98 Å². The topological polar surface area (TPSA) is 64.3 Å².